The van der Waals surface area contributed by atoms with E-state index in [0.29, 0.717) is 0 Å². The number of hydrogen-bond donors (Lipinski definition) is 1. The maximum absolute atomic E-state index is 4.62. The molecule has 20 heavy (non-hydrogen) atoms. The maximum Gasteiger partial charge on any atom is 0.224 e. The molecule has 0 saturated carbocycles. The highest BCUT2D eigenvalue weighted by Crippen LogP contribution is 2.23. The fraction of sp³-hybridized carbons (Fsp3) is 0.375. The van der Waals surface area contributed by atoms with Crippen LogP contribution in [0.4, 0.5) is 5.95 Å². The van der Waals surface area contributed by atoms with Gasteiger partial charge >= 0.3 is 0 Å². The Labute approximate surface area is 125 Å². The summed E-state index contributed by atoms with van der Waals surface area (Å²) in [6.07, 6.45) is 4.34. The van der Waals surface area contributed by atoms with Crippen LogP contribution in [0.25, 0.3) is 11.3 Å². The molecule has 0 aliphatic carbocycles. The predicted octanol–water partition coefficient (Wildman–Crippen LogP) is 4.39. The topological polar surface area (TPSA) is 37.8 Å². The van der Waals surface area contributed by atoms with Gasteiger partial charge in [-0.25, -0.2) is 9.97 Å². The first-order valence-electron chi connectivity index (χ1n) is 6.97. The molecule has 0 radical (unpaired) electrons. The zero-order chi connectivity index (χ0) is 14.4. The van der Waals surface area contributed by atoms with Gasteiger partial charge < -0.3 is 5.32 Å². The predicted molar refractivity (Wildman–Crippen MR) is 87.4 cm³/mol. The van der Waals surface area contributed by atoms with E-state index in [2.05, 4.69) is 53.4 Å². The molecule has 1 aromatic carbocycles. The van der Waals surface area contributed by atoms with Gasteiger partial charge in [0.2, 0.25) is 5.95 Å². The molecule has 1 N–H and O–H groups in total. The molecule has 0 fully saturated rings. The number of aryl methyl sites for hydroxylation is 1. The van der Waals surface area contributed by atoms with Gasteiger partial charge in [0.25, 0.3) is 0 Å². The molecular weight excluding hydrogens is 266 g/mol. The van der Waals surface area contributed by atoms with Crippen molar-refractivity contribution in [2.24, 2.45) is 0 Å². The van der Waals surface area contributed by atoms with Gasteiger partial charge in [-0.2, -0.15) is 0 Å². The summed E-state index contributed by atoms with van der Waals surface area (Å²) in [6, 6.07) is 10.5. The molecule has 0 unspecified atom stereocenters. The van der Waals surface area contributed by atoms with E-state index in [1.807, 2.05) is 12.3 Å². The van der Waals surface area contributed by atoms with Crippen molar-refractivity contribution in [2.75, 3.05) is 18.1 Å². The van der Waals surface area contributed by atoms with Crippen LogP contribution < -0.4 is 5.32 Å². The minimum absolute atomic E-state index is 0.723. The zero-order valence-electron chi connectivity index (χ0n) is 12.3. The Bertz CT molecular complexity index is 552. The first-order chi connectivity index (χ1) is 9.72. The van der Waals surface area contributed by atoms with Crippen molar-refractivity contribution in [1.29, 1.82) is 0 Å². The van der Waals surface area contributed by atoms with Crippen molar-refractivity contribution >= 4 is 17.7 Å². The summed E-state index contributed by atoms with van der Waals surface area (Å²) >= 11 is 1.64. The number of nitrogens with zero attached hydrogens (tertiary/aromatic N) is 2. The standard InChI is InChI=1S/C16H21N3S/c1-4-5-10-17-16-18-14(11-15(19-16)20-3)13-8-6-12(2)7-9-13/h6-9,11H,4-5,10H2,1-3H3,(H,17,18,19). The van der Waals surface area contributed by atoms with Crippen LogP contribution in [-0.4, -0.2) is 22.8 Å². The first-order valence-corrected chi connectivity index (χ1v) is 8.19. The number of nitrogens with one attached hydrogen (secondary N) is 1. The third kappa shape index (κ3) is 3.97. The SMILES string of the molecule is CCCCNc1nc(SC)cc(-c2ccc(C)cc2)n1. The molecule has 0 atom stereocenters. The van der Waals surface area contributed by atoms with Crippen molar-refractivity contribution in [3.8, 4) is 11.3 Å². The third-order valence-corrected chi connectivity index (χ3v) is 3.70. The van der Waals surface area contributed by atoms with Gasteiger partial charge in [0, 0.05) is 12.1 Å². The van der Waals surface area contributed by atoms with Gasteiger partial charge in [-0.15, -0.1) is 11.8 Å². The Kier molecular flexibility index (Phi) is 5.41. The Morgan fingerprint density at radius 1 is 1.15 bits per heavy atom. The number of rotatable bonds is 6. The van der Waals surface area contributed by atoms with Gasteiger partial charge in [0.15, 0.2) is 0 Å². The fourth-order valence-corrected chi connectivity index (χ4v) is 2.27. The minimum atomic E-state index is 0.723. The summed E-state index contributed by atoms with van der Waals surface area (Å²) in [5.74, 6) is 0.723. The van der Waals surface area contributed by atoms with Crippen LogP contribution in [0, 0.1) is 6.92 Å². The molecule has 0 amide bonds. The Morgan fingerprint density at radius 3 is 2.55 bits per heavy atom. The number of unbranched alkanes of at least 4 members (excludes halogenated alkanes) is 1. The molecule has 1 aromatic heterocycles. The lowest BCUT2D eigenvalue weighted by Crippen LogP contribution is -2.06. The molecule has 106 valence electrons. The largest absolute Gasteiger partial charge is 0.354 e. The highest BCUT2D eigenvalue weighted by atomic mass is 32.2. The van der Waals surface area contributed by atoms with E-state index in [4.69, 9.17) is 0 Å². The van der Waals surface area contributed by atoms with Crippen LogP contribution in [0.5, 0.6) is 0 Å². The van der Waals surface area contributed by atoms with Crippen molar-refractivity contribution in [1.82, 2.24) is 9.97 Å². The summed E-state index contributed by atoms with van der Waals surface area (Å²) in [6.45, 7) is 5.19. The lowest BCUT2D eigenvalue weighted by molar-refractivity contribution is 0.823. The second-order valence-corrected chi connectivity index (χ2v) is 5.59. The Morgan fingerprint density at radius 2 is 1.90 bits per heavy atom. The van der Waals surface area contributed by atoms with Crippen LogP contribution in [0.1, 0.15) is 25.3 Å². The van der Waals surface area contributed by atoms with Gasteiger partial charge in [-0.05, 0) is 25.7 Å². The molecule has 2 aromatic rings. The summed E-state index contributed by atoms with van der Waals surface area (Å²) in [5.41, 5.74) is 3.37. The number of anilines is 1. The lowest BCUT2D eigenvalue weighted by Gasteiger charge is -2.09. The quantitative estimate of drug-likeness (QED) is 0.486. The Hall–Kier alpha value is -1.55. The third-order valence-electron chi connectivity index (χ3n) is 3.07. The number of thioether (sulfide) groups is 1. The normalized spacial score (nSPS) is 10.6. The van der Waals surface area contributed by atoms with Crippen molar-refractivity contribution < 1.29 is 0 Å². The second kappa shape index (κ2) is 7.29. The van der Waals surface area contributed by atoms with E-state index in [-0.39, 0.29) is 0 Å². The molecule has 0 aliphatic rings. The average molecular weight is 287 g/mol. The van der Waals surface area contributed by atoms with Gasteiger partial charge in [-0.1, -0.05) is 43.2 Å². The highest BCUT2D eigenvalue weighted by Gasteiger charge is 2.06. The van der Waals surface area contributed by atoms with E-state index in [1.54, 1.807) is 11.8 Å². The molecule has 0 aliphatic heterocycles. The van der Waals surface area contributed by atoms with Crippen molar-refractivity contribution in [3.05, 3.63) is 35.9 Å². The molecular formula is C16H21N3S. The Balaban J connectivity index is 2.27. The fourth-order valence-electron chi connectivity index (χ4n) is 1.86. The molecule has 0 saturated heterocycles. The van der Waals surface area contributed by atoms with Gasteiger partial charge in [0.1, 0.15) is 5.03 Å². The minimum Gasteiger partial charge on any atom is -0.354 e. The van der Waals surface area contributed by atoms with Gasteiger partial charge in [0.05, 0.1) is 5.69 Å². The molecule has 0 bridgehead atoms. The van der Waals surface area contributed by atoms with Crippen LogP contribution in [0.2, 0.25) is 0 Å². The monoisotopic (exact) mass is 287 g/mol. The average Bonchev–Trinajstić information content (AvgIpc) is 2.48. The molecule has 1 heterocycles. The molecule has 4 heteroatoms. The summed E-state index contributed by atoms with van der Waals surface area (Å²) in [4.78, 5) is 9.13. The van der Waals surface area contributed by atoms with E-state index >= 15 is 0 Å². The smallest absolute Gasteiger partial charge is 0.224 e. The second-order valence-electron chi connectivity index (χ2n) is 4.77. The number of aromatic nitrogens is 2. The van der Waals surface area contributed by atoms with Crippen molar-refractivity contribution in [2.45, 2.75) is 31.7 Å². The number of benzene rings is 1. The van der Waals surface area contributed by atoms with E-state index in [0.717, 1.165) is 35.2 Å². The molecule has 0 spiro atoms. The number of hydrogen-bond acceptors (Lipinski definition) is 4. The highest BCUT2D eigenvalue weighted by molar-refractivity contribution is 7.98. The van der Waals surface area contributed by atoms with Gasteiger partial charge in [-0.3, -0.25) is 0 Å². The molecule has 2 rings (SSSR count). The first kappa shape index (κ1) is 14.9. The lowest BCUT2D eigenvalue weighted by atomic mass is 10.1. The van der Waals surface area contributed by atoms with Crippen molar-refractivity contribution in [3.63, 3.8) is 0 Å². The molecule has 3 nitrogen and oxygen atoms in total. The van der Waals surface area contributed by atoms with Crippen LogP contribution in [0.3, 0.4) is 0 Å². The summed E-state index contributed by atoms with van der Waals surface area (Å²) in [7, 11) is 0. The van der Waals surface area contributed by atoms with Crippen LogP contribution in [-0.2, 0) is 0 Å². The van der Waals surface area contributed by atoms with E-state index < -0.39 is 0 Å². The van der Waals surface area contributed by atoms with E-state index in [9.17, 15) is 0 Å². The van der Waals surface area contributed by atoms with Crippen LogP contribution in [0.15, 0.2) is 35.4 Å². The van der Waals surface area contributed by atoms with Crippen LogP contribution >= 0.6 is 11.8 Å². The van der Waals surface area contributed by atoms with E-state index in [1.165, 1.54) is 12.0 Å². The summed E-state index contributed by atoms with van der Waals surface area (Å²) < 4.78 is 0. The summed E-state index contributed by atoms with van der Waals surface area (Å²) in [5, 5.41) is 4.30. The zero-order valence-corrected chi connectivity index (χ0v) is 13.1. The maximum atomic E-state index is 4.62.